The number of aromatic nitrogens is 1. The molecule has 7 nitrogen and oxygen atoms in total. The van der Waals surface area contributed by atoms with Crippen LogP contribution in [-0.4, -0.2) is 53.1 Å². The van der Waals surface area contributed by atoms with Gasteiger partial charge in [0.2, 0.25) is 0 Å². The van der Waals surface area contributed by atoms with Gasteiger partial charge in [-0.2, -0.15) is 0 Å². The van der Waals surface area contributed by atoms with Crippen LogP contribution in [-0.2, 0) is 4.79 Å². The summed E-state index contributed by atoms with van der Waals surface area (Å²) in [7, 11) is 1.57. The minimum absolute atomic E-state index is 0.0145. The molecule has 0 bridgehead atoms. The zero-order valence-electron chi connectivity index (χ0n) is 15.2. The van der Waals surface area contributed by atoms with Crippen LogP contribution in [0.3, 0.4) is 0 Å². The fraction of sp³-hybridized carbons (Fsp3) is 0.316. The largest absolute Gasteiger partial charge is 0.489 e. The molecule has 1 unspecified atom stereocenters. The van der Waals surface area contributed by atoms with Crippen molar-refractivity contribution in [1.29, 1.82) is 0 Å². The molecule has 3 rings (SSSR count). The summed E-state index contributed by atoms with van der Waals surface area (Å²) in [6, 6.07) is 4.85. The molecule has 0 fully saturated rings. The second kappa shape index (κ2) is 7.96. The molecule has 0 radical (unpaired) electrons. The monoisotopic (exact) mass is 403 g/mol. The Balaban J connectivity index is 1.99. The Morgan fingerprint density at radius 1 is 1.54 bits per heavy atom. The zero-order valence-corrected chi connectivity index (χ0v) is 16.0. The molecule has 1 aromatic carbocycles. The SMILES string of the molecule is CCN(C)C(=O)[C@H](O)C#Cc1ccc2c(c1)-c1nc(C(N)=O)sc1C(F)CO2. The first-order chi connectivity index (χ1) is 13.3. The molecule has 0 saturated carbocycles. The van der Waals surface area contributed by atoms with Crippen molar-refractivity contribution in [2.75, 3.05) is 20.2 Å². The Bertz CT molecular complexity index is 995. The fourth-order valence-corrected chi connectivity index (χ4v) is 3.47. The third-order valence-corrected chi connectivity index (χ3v) is 5.36. The van der Waals surface area contributed by atoms with Crippen molar-refractivity contribution in [2.24, 2.45) is 5.73 Å². The van der Waals surface area contributed by atoms with Gasteiger partial charge in [0.15, 0.2) is 17.3 Å². The van der Waals surface area contributed by atoms with E-state index in [1.54, 1.807) is 32.2 Å². The molecule has 0 saturated heterocycles. The average molecular weight is 403 g/mol. The number of nitrogens with two attached hydrogens (primary N) is 1. The molecule has 1 aromatic heterocycles. The van der Waals surface area contributed by atoms with Crippen molar-refractivity contribution in [2.45, 2.75) is 19.2 Å². The van der Waals surface area contributed by atoms with Crippen LogP contribution in [0.5, 0.6) is 5.75 Å². The van der Waals surface area contributed by atoms with Gasteiger partial charge in [-0.25, -0.2) is 9.37 Å². The highest BCUT2D eigenvalue weighted by molar-refractivity contribution is 7.14. The molecule has 146 valence electrons. The number of carbonyl (C=O) groups excluding carboxylic acids is 2. The number of benzene rings is 1. The van der Waals surface area contributed by atoms with E-state index in [2.05, 4.69) is 16.8 Å². The van der Waals surface area contributed by atoms with Crippen LogP contribution in [0.1, 0.15) is 33.3 Å². The van der Waals surface area contributed by atoms with Crippen molar-refractivity contribution in [1.82, 2.24) is 9.88 Å². The van der Waals surface area contributed by atoms with Crippen LogP contribution >= 0.6 is 11.3 Å². The van der Waals surface area contributed by atoms with Crippen LogP contribution in [0.4, 0.5) is 4.39 Å². The lowest BCUT2D eigenvalue weighted by molar-refractivity contribution is -0.135. The summed E-state index contributed by atoms with van der Waals surface area (Å²) in [4.78, 5) is 29.1. The van der Waals surface area contributed by atoms with E-state index in [0.717, 1.165) is 11.3 Å². The quantitative estimate of drug-likeness (QED) is 0.756. The Morgan fingerprint density at radius 2 is 2.29 bits per heavy atom. The van der Waals surface area contributed by atoms with Crippen LogP contribution in [0.25, 0.3) is 11.3 Å². The van der Waals surface area contributed by atoms with Crippen LogP contribution in [0.15, 0.2) is 18.2 Å². The van der Waals surface area contributed by atoms with Gasteiger partial charge in [-0.05, 0) is 25.1 Å². The summed E-state index contributed by atoms with van der Waals surface area (Å²) < 4.78 is 19.9. The number of alkyl halides is 1. The summed E-state index contributed by atoms with van der Waals surface area (Å²) >= 11 is 0.895. The molecule has 28 heavy (non-hydrogen) atoms. The highest BCUT2D eigenvalue weighted by atomic mass is 32.1. The van der Waals surface area contributed by atoms with Gasteiger partial charge in [0, 0.05) is 24.7 Å². The van der Waals surface area contributed by atoms with Crippen LogP contribution < -0.4 is 10.5 Å². The van der Waals surface area contributed by atoms with E-state index in [-0.39, 0.29) is 22.2 Å². The number of hydrogen-bond acceptors (Lipinski definition) is 6. The first-order valence-corrected chi connectivity index (χ1v) is 9.29. The number of hydrogen-bond donors (Lipinski definition) is 2. The first kappa shape index (κ1) is 19.8. The maximum absolute atomic E-state index is 14.4. The number of aliphatic hydroxyl groups is 1. The van der Waals surface area contributed by atoms with Crippen molar-refractivity contribution in [3.05, 3.63) is 33.6 Å². The van der Waals surface area contributed by atoms with Crippen LogP contribution in [0.2, 0.25) is 0 Å². The highest BCUT2D eigenvalue weighted by Crippen LogP contribution is 2.42. The Morgan fingerprint density at radius 3 is 2.96 bits per heavy atom. The molecule has 0 aliphatic carbocycles. The van der Waals surface area contributed by atoms with E-state index in [4.69, 9.17) is 10.5 Å². The molecular weight excluding hydrogens is 385 g/mol. The number of carbonyl (C=O) groups is 2. The number of amides is 2. The van der Waals surface area contributed by atoms with Crippen molar-refractivity contribution in [3.8, 4) is 28.8 Å². The molecular formula is C19H18FN3O4S. The second-order valence-corrected chi connectivity index (χ2v) is 7.14. The van der Waals surface area contributed by atoms with Gasteiger partial charge >= 0.3 is 0 Å². The standard InChI is InChI=1S/C19H18FN3O4S/c1-3-23(2)19(26)13(24)6-4-10-5-7-14-11(8-10)15-16(12(20)9-27-14)28-18(22-15)17(21)25/h5,7-8,12-13,24H,3,9H2,1-2H3,(H2,21,25)/t12?,13-/m1/s1. The number of thiazole rings is 1. The lowest BCUT2D eigenvalue weighted by Gasteiger charge is -2.15. The number of aliphatic hydroxyl groups excluding tert-OH is 1. The minimum atomic E-state index is -1.45. The second-order valence-electron chi connectivity index (χ2n) is 6.11. The summed E-state index contributed by atoms with van der Waals surface area (Å²) in [5, 5.41) is 9.93. The maximum atomic E-state index is 14.4. The van der Waals surface area contributed by atoms with Gasteiger partial charge in [-0.3, -0.25) is 9.59 Å². The normalized spacial score (nSPS) is 15.8. The number of halogens is 1. The van der Waals surface area contributed by atoms with E-state index in [1.165, 1.54) is 4.90 Å². The van der Waals surface area contributed by atoms with E-state index >= 15 is 0 Å². The zero-order chi connectivity index (χ0) is 20.4. The topological polar surface area (TPSA) is 106 Å². The van der Waals surface area contributed by atoms with Crippen molar-refractivity contribution in [3.63, 3.8) is 0 Å². The number of ether oxygens (including phenoxy) is 1. The summed E-state index contributed by atoms with van der Waals surface area (Å²) in [5.74, 6) is 4.40. The number of nitrogens with zero attached hydrogens (tertiary/aromatic N) is 2. The molecule has 2 heterocycles. The molecule has 1 aliphatic rings. The molecule has 2 aromatic rings. The van der Waals surface area contributed by atoms with Crippen molar-refractivity contribution >= 4 is 23.2 Å². The van der Waals surface area contributed by atoms with E-state index < -0.39 is 24.1 Å². The number of rotatable bonds is 3. The van der Waals surface area contributed by atoms with Gasteiger partial charge in [0.05, 0.1) is 10.6 Å². The summed E-state index contributed by atoms with van der Waals surface area (Å²) in [5.41, 5.74) is 6.50. The molecule has 3 N–H and O–H groups in total. The van der Waals surface area contributed by atoms with Gasteiger partial charge in [-0.1, -0.05) is 11.8 Å². The van der Waals surface area contributed by atoms with Crippen molar-refractivity contribution < 1.29 is 23.8 Å². The Hall–Kier alpha value is -2.96. The highest BCUT2D eigenvalue weighted by Gasteiger charge is 2.28. The molecule has 0 spiro atoms. The summed E-state index contributed by atoms with van der Waals surface area (Å²) in [6.45, 7) is 2.03. The molecule has 9 heteroatoms. The first-order valence-electron chi connectivity index (χ1n) is 8.48. The van der Waals surface area contributed by atoms with Gasteiger partial charge < -0.3 is 20.5 Å². The van der Waals surface area contributed by atoms with Gasteiger partial charge in [0.25, 0.3) is 11.8 Å². The molecule has 2 atom stereocenters. The third-order valence-electron chi connectivity index (χ3n) is 4.21. The molecule has 2 amide bonds. The Kier molecular flexibility index (Phi) is 5.63. The molecule has 1 aliphatic heterocycles. The smallest absolute Gasteiger partial charge is 0.277 e. The minimum Gasteiger partial charge on any atom is -0.489 e. The van der Waals surface area contributed by atoms with E-state index in [0.29, 0.717) is 23.4 Å². The van der Waals surface area contributed by atoms with E-state index in [1.807, 2.05) is 0 Å². The number of likely N-dealkylation sites (N-methyl/N-ethyl adjacent to an activating group) is 1. The third kappa shape index (κ3) is 3.83. The average Bonchev–Trinajstić information content (AvgIpc) is 3.10. The number of fused-ring (bicyclic) bond motifs is 3. The predicted molar refractivity (Wildman–Crippen MR) is 102 cm³/mol. The van der Waals surface area contributed by atoms with E-state index in [9.17, 15) is 19.1 Å². The van der Waals surface area contributed by atoms with Gasteiger partial charge in [-0.15, -0.1) is 11.3 Å². The fourth-order valence-electron chi connectivity index (χ4n) is 2.58. The van der Waals surface area contributed by atoms with Gasteiger partial charge in [0.1, 0.15) is 12.4 Å². The lowest BCUT2D eigenvalue weighted by Crippen LogP contribution is -2.35. The van der Waals surface area contributed by atoms with Crippen LogP contribution in [0, 0.1) is 11.8 Å². The predicted octanol–water partition coefficient (Wildman–Crippen LogP) is 1.50. The lowest BCUT2D eigenvalue weighted by atomic mass is 10.1. The Labute approximate surface area is 164 Å². The summed E-state index contributed by atoms with van der Waals surface area (Å²) in [6.07, 6.45) is -2.89. The maximum Gasteiger partial charge on any atom is 0.277 e. The number of primary amides is 1.